The fourth-order valence-electron chi connectivity index (χ4n) is 3.71. The van der Waals surface area contributed by atoms with E-state index in [1.54, 1.807) is 0 Å². The van der Waals surface area contributed by atoms with Crippen LogP contribution in [0.25, 0.3) is 0 Å². The smallest absolute Gasteiger partial charge is 0.416 e. The third kappa shape index (κ3) is 11.2. The average Bonchev–Trinajstić information content (AvgIpc) is 3.13. The lowest BCUT2D eigenvalue weighted by Crippen LogP contribution is -2.05. The fourth-order valence-corrected chi connectivity index (χ4v) is 3.71. The first-order valence-corrected chi connectivity index (χ1v) is 14.1. The molecule has 4 aromatic heterocycles. The van der Waals surface area contributed by atoms with Gasteiger partial charge in [0.1, 0.15) is 47.1 Å². The van der Waals surface area contributed by atoms with E-state index >= 15 is 0 Å². The van der Waals surface area contributed by atoms with E-state index in [1.165, 1.54) is 80.0 Å². The molecule has 17 heteroatoms. The molecule has 6 rings (SSSR count). The van der Waals surface area contributed by atoms with E-state index in [0.29, 0.717) is 16.9 Å². The lowest BCUT2D eigenvalue weighted by Gasteiger charge is -2.09. The van der Waals surface area contributed by atoms with Crippen molar-refractivity contribution in [2.75, 3.05) is 0 Å². The number of pyridine rings is 2. The minimum absolute atomic E-state index is 0.169. The number of benzene rings is 2. The number of phenols is 1. The van der Waals surface area contributed by atoms with Crippen LogP contribution in [0.1, 0.15) is 43.2 Å². The molecule has 0 unspecified atom stereocenters. The molecule has 0 bridgehead atoms. The lowest BCUT2D eigenvalue weighted by atomic mass is 10.1. The number of ketones is 2. The zero-order valence-electron chi connectivity index (χ0n) is 25.5. The molecule has 0 atom stereocenters. The van der Waals surface area contributed by atoms with Gasteiger partial charge in [-0.15, -0.1) is 0 Å². The number of phenolic OH excluding ortho intramolecular Hbond substituents is 1. The van der Waals surface area contributed by atoms with Gasteiger partial charge < -0.3 is 9.84 Å². The van der Waals surface area contributed by atoms with Gasteiger partial charge in [-0.1, -0.05) is 0 Å². The molecular formula is C34H21F7N6O4. The summed E-state index contributed by atoms with van der Waals surface area (Å²) < 4.78 is 91.0. The van der Waals surface area contributed by atoms with Gasteiger partial charge in [0, 0.05) is 24.8 Å². The number of carbonyl (C=O) groups is 2. The van der Waals surface area contributed by atoms with Gasteiger partial charge in [-0.05, 0) is 72.8 Å². The van der Waals surface area contributed by atoms with Crippen molar-refractivity contribution in [2.45, 2.75) is 12.4 Å². The highest BCUT2D eigenvalue weighted by Crippen LogP contribution is 2.32. The molecule has 0 aliphatic heterocycles. The molecular weight excluding hydrogens is 689 g/mol. The van der Waals surface area contributed by atoms with Gasteiger partial charge in [-0.25, -0.2) is 34.3 Å². The summed E-state index contributed by atoms with van der Waals surface area (Å²) in [4.78, 5) is 46.5. The highest BCUT2D eigenvalue weighted by atomic mass is 19.4. The maximum atomic E-state index is 12.6. The minimum Gasteiger partial charge on any atom is -0.508 e. The van der Waals surface area contributed by atoms with Crippen LogP contribution in [0.2, 0.25) is 0 Å². The van der Waals surface area contributed by atoms with Gasteiger partial charge in [-0.3, -0.25) is 9.59 Å². The van der Waals surface area contributed by atoms with Gasteiger partial charge >= 0.3 is 12.4 Å². The molecule has 0 saturated heterocycles. The summed E-state index contributed by atoms with van der Waals surface area (Å²) >= 11 is 0. The zero-order chi connectivity index (χ0) is 37.0. The number of alkyl halides is 6. The van der Waals surface area contributed by atoms with Crippen molar-refractivity contribution in [1.29, 1.82) is 0 Å². The van der Waals surface area contributed by atoms with Gasteiger partial charge in [0.2, 0.25) is 11.6 Å². The first-order valence-electron chi connectivity index (χ1n) is 14.1. The Kier molecular flexibility index (Phi) is 12.1. The SMILES string of the molecule is O=C(c1cncnc1)c1ccc(F)cn1.O=C(c1cncnc1)c1ccc(Oc2ccc(C(F)(F)F)cc2)cn1.Oc1ccc(C(F)(F)F)cc1. The number of hydrogen-bond acceptors (Lipinski definition) is 10. The Labute approximate surface area is 283 Å². The Morgan fingerprint density at radius 2 is 0.941 bits per heavy atom. The summed E-state index contributed by atoms with van der Waals surface area (Å²) in [5.74, 6) is -0.794. The van der Waals surface area contributed by atoms with Crippen LogP contribution in [0.3, 0.4) is 0 Å². The number of rotatable bonds is 6. The summed E-state index contributed by atoms with van der Waals surface area (Å²) in [5, 5.41) is 8.66. The van der Waals surface area contributed by atoms with Crippen molar-refractivity contribution in [2.24, 2.45) is 0 Å². The largest absolute Gasteiger partial charge is 0.508 e. The first-order chi connectivity index (χ1) is 24.2. The third-order valence-corrected chi connectivity index (χ3v) is 6.19. The monoisotopic (exact) mass is 710 g/mol. The standard InChI is InChI=1S/C17H10F3N3O2.C10H6FN3O.C7H5F3O/c18-17(19,20)12-1-3-13(4-2-12)25-14-5-6-15(23-9-14)16(24)11-7-21-10-22-8-11;11-8-1-2-9(14-5-8)10(15)7-3-12-6-13-4-7;8-7(9,10)5-1-3-6(11)4-2-5/h1-10H;1-6H;1-4,11H. The molecule has 0 fully saturated rings. The van der Waals surface area contributed by atoms with Crippen LogP contribution in [0, 0.1) is 5.82 Å². The highest BCUT2D eigenvalue weighted by Gasteiger charge is 2.30. The Bertz CT molecular complexity index is 2020. The van der Waals surface area contributed by atoms with E-state index in [-0.39, 0.29) is 34.5 Å². The minimum atomic E-state index is -4.40. The molecule has 2 aromatic carbocycles. The van der Waals surface area contributed by atoms with Gasteiger partial charge in [0.05, 0.1) is 34.6 Å². The van der Waals surface area contributed by atoms with Crippen molar-refractivity contribution in [1.82, 2.24) is 29.9 Å². The molecule has 0 aliphatic rings. The summed E-state index contributed by atoms with van der Waals surface area (Å²) in [6.07, 6.45) is 1.76. The van der Waals surface area contributed by atoms with Crippen molar-refractivity contribution in [3.63, 3.8) is 0 Å². The summed E-state index contributed by atoms with van der Waals surface area (Å²) in [5.41, 5.74) is -0.539. The fraction of sp³-hybridized carbons (Fsp3) is 0.0588. The molecule has 51 heavy (non-hydrogen) atoms. The molecule has 10 nitrogen and oxygen atoms in total. The van der Waals surface area contributed by atoms with Crippen LogP contribution in [-0.2, 0) is 12.4 Å². The summed E-state index contributed by atoms with van der Waals surface area (Å²) in [6, 6.07) is 13.4. The van der Waals surface area contributed by atoms with E-state index in [1.807, 2.05) is 0 Å². The third-order valence-electron chi connectivity index (χ3n) is 6.19. The Balaban J connectivity index is 0.000000190. The normalized spacial score (nSPS) is 10.9. The van der Waals surface area contributed by atoms with Crippen molar-refractivity contribution in [3.05, 3.63) is 162 Å². The number of carbonyl (C=O) groups excluding carboxylic acids is 2. The van der Waals surface area contributed by atoms with E-state index in [0.717, 1.165) is 42.6 Å². The van der Waals surface area contributed by atoms with Crippen LogP contribution in [0.5, 0.6) is 17.2 Å². The Morgan fingerprint density at radius 3 is 1.33 bits per heavy atom. The molecule has 1 N–H and O–H groups in total. The number of ether oxygens (including phenoxy) is 1. The number of nitrogens with zero attached hydrogens (tertiary/aromatic N) is 6. The second-order valence-electron chi connectivity index (χ2n) is 9.82. The van der Waals surface area contributed by atoms with E-state index < -0.39 is 29.3 Å². The molecule has 0 spiro atoms. The maximum Gasteiger partial charge on any atom is 0.416 e. The van der Waals surface area contributed by atoms with Gasteiger partial charge in [0.25, 0.3) is 0 Å². The predicted octanol–water partition coefficient (Wildman–Crippen LogP) is 7.57. The van der Waals surface area contributed by atoms with Crippen LogP contribution in [-0.4, -0.2) is 46.6 Å². The van der Waals surface area contributed by atoms with Crippen LogP contribution < -0.4 is 4.74 Å². The number of aromatic hydroxyl groups is 1. The zero-order valence-corrected chi connectivity index (χ0v) is 25.5. The topological polar surface area (TPSA) is 141 Å². The van der Waals surface area contributed by atoms with Crippen molar-refractivity contribution < 1.29 is 50.2 Å². The second-order valence-corrected chi connectivity index (χ2v) is 9.82. The first kappa shape index (κ1) is 37.2. The van der Waals surface area contributed by atoms with Gasteiger partial charge in [0.15, 0.2) is 0 Å². The van der Waals surface area contributed by atoms with Crippen LogP contribution >= 0.6 is 0 Å². The molecule has 0 aliphatic carbocycles. The van der Waals surface area contributed by atoms with Crippen LogP contribution in [0.4, 0.5) is 30.7 Å². The summed E-state index contributed by atoms with van der Waals surface area (Å²) in [6.45, 7) is 0. The Hall–Kier alpha value is -6.65. The molecule has 6 aromatic rings. The number of halogens is 7. The van der Waals surface area contributed by atoms with Crippen molar-refractivity contribution >= 4 is 11.6 Å². The quantitative estimate of drug-likeness (QED) is 0.136. The molecule has 0 amide bonds. The van der Waals surface area contributed by atoms with E-state index in [9.17, 15) is 40.3 Å². The number of aromatic nitrogens is 6. The Morgan fingerprint density at radius 1 is 0.529 bits per heavy atom. The second kappa shape index (κ2) is 16.6. The van der Waals surface area contributed by atoms with E-state index in [4.69, 9.17) is 9.84 Å². The number of hydrogen-bond donors (Lipinski definition) is 1. The maximum absolute atomic E-state index is 12.6. The van der Waals surface area contributed by atoms with Gasteiger partial charge in [-0.2, -0.15) is 26.3 Å². The van der Waals surface area contributed by atoms with Crippen molar-refractivity contribution in [3.8, 4) is 17.2 Å². The summed E-state index contributed by atoms with van der Waals surface area (Å²) in [7, 11) is 0. The molecule has 4 heterocycles. The lowest BCUT2D eigenvalue weighted by molar-refractivity contribution is -0.138. The van der Waals surface area contributed by atoms with Crippen LogP contribution in [0.15, 0.2) is 123 Å². The average molecular weight is 711 g/mol. The molecule has 0 saturated carbocycles. The molecule has 260 valence electrons. The highest BCUT2D eigenvalue weighted by molar-refractivity contribution is 6.07. The van der Waals surface area contributed by atoms with E-state index in [2.05, 4.69) is 29.9 Å². The predicted molar refractivity (Wildman–Crippen MR) is 164 cm³/mol. The molecule has 0 radical (unpaired) electrons.